The molecule has 0 fully saturated rings. The van der Waals surface area contributed by atoms with E-state index < -0.39 is 0 Å². The molecule has 0 aliphatic carbocycles. The van der Waals surface area contributed by atoms with E-state index in [-0.39, 0.29) is 16.8 Å². The molecule has 0 amide bonds. The average molecular weight is 219 g/mol. The van der Waals surface area contributed by atoms with Gasteiger partial charge in [0.25, 0.3) is 0 Å². The molecule has 0 spiro atoms. The Balaban J connectivity index is 3.71. The first-order valence-corrected chi connectivity index (χ1v) is 5.93. The number of rotatable bonds is 5. The molecule has 0 aliphatic rings. The highest BCUT2D eigenvalue weighted by molar-refractivity contribution is 7.99. The quantitative estimate of drug-likeness (QED) is 0.716. The van der Waals surface area contributed by atoms with E-state index in [1.54, 1.807) is 11.8 Å². The minimum absolute atomic E-state index is 0.130. The second-order valence-electron chi connectivity index (χ2n) is 4.26. The molecule has 1 atom stereocenters. The number of nitrogens with two attached hydrogens (primary N) is 1. The van der Waals surface area contributed by atoms with Gasteiger partial charge in [0.1, 0.15) is 5.60 Å². The third-order valence-electron chi connectivity index (χ3n) is 1.39. The molecule has 0 aliphatic heterocycles. The summed E-state index contributed by atoms with van der Waals surface area (Å²) in [5.74, 6) is 0.763. The van der Waals surface area contributed by atoms with Crippen molar-refractivity contribution in [2.45, 2.75) is 45.0 Å². The maximum atomic E-state index is 11.4. The van der Waals surface area contributed by atoms with Crippen molar-refractivity contribution >= 4 is 17.7 Å². The zero-order valence-electron chi connectivity index (χ0n) is 9.50. The average Bonchev–Trinajstić information content (AvgIpc) is 1.96. The summed E-state index contributed by atoms with van der Waals surface area (Å²) in [5, 5.41) is 0.286. The first-order chi connectivity index (χ1) is 6.35. The minimum atomic E-state index is -0.380. The van der Waals surface area contributed by atoms with Gasteiger partial charge in [-0.2, -0.15) is 11.8 Å². The molecule has 3 nitrogen and oxygen atoms in total. The van der Waals surface area contributed by atoms with Crippen molar-refractivity contribution in [2.75, 3.05) is 12.3 Å². The van der Waals surface area contributed by atoms with Crippen molar-refractivity contribution in [3.8, 4) is 0 Å². The summed E-state index contributed by atoms with van der Waals surface area (Å²) in [6.45, 7) is 8.31. The Morgan fingerprint density at radius 1 is 1.50 bits per heavy atom. The molecule has 0 radical (unpaired) electrons. The van der Waals surface area contributed by atoms with Gasteiger partial charge in [-0.05, 0) is 20.8 Å². The molecule has 0 aromatic carbocycles. The summed E-state index contributed by atoms with van der Waals surface area (Å²) in [6, 6.07) is 0. The van der Waals surface area contributed by atoms with Gasteiger partial charge in [-0.15, -0.1) is 0 Å². The van der Waals surface area contributed by atoms with Gasteiger partial charge in [-0.25, -0.2) is 0 Å². The van der Waals surface area contributed by atoms with Crippen LogP contribution in [0.1, 0.15) is 34.1 Å². The summed E-state index contributed by atoms with van der Waals surface area (Å²) >= 11 is 1.70. The second-order valence-corrected chi connectivity index (χ2v) is 5.81. The predicted molar refractivity (Wildman–Crippen MR) is 61.4 cm³/mol. The first-order valence-electron chi connectivity index (χ1n) is 4.88. The summed E-state index contributed by atoms with van der Waals surface area (Å²) in [5.41, 5.74) is 4.99. The third kappa shape index (κ3) is 8.38. The second kappa shape index (κ2) is 6.30. The number of carbonyl (C=O) groups is 1. The van der Waals surface area contributed by atoms with E-state index >= 15 is 0 Å². The molecule has 84 valence electrons. The van der Waals surface area contributed by atoms with E-state index in [1.807, 2.05) is 27.7 Å². The Bertz CT molecular complexity index is 177. The van der Waals surface area contributed by atoms with Gasteiger partial charge in [-0.3, -0.25) is 4.79 Å². The zero-order chi connectivity index (χ0) is 11.2. The number of hydrogen-bond donors (Lipinski definition) is 1. The molecule has 0 saturated carbocycles. The Morgan fingerprint density at radius 2 is 2.07 bits per heavy atom. The standard InChI is InChI=1S/C10H21NO2S/c1-8(14-6-5-11)7-9(12)13-10(2,3)4/h8H,5-7,11H2,1-4H3. The van der Waals surface area contributed by atoms with Crippen LogP contribution in [0.15, 0.2) is 0 Å². The van der Waals surface area contributed by atoms with E-state index in [0.29, 0.717) is 13.0 Å². The first kappa shape index (κ1) is 13.8. The SMILES string of the molecule is CC(CC(=O)OC(C)(C)C)SCCN. The van der Waals surface area contributed by atoms with Crippen LogP contribution in [0.3, 0.4) is 0 Å². The van der Waals surface area contributed by atoms with E-state index in [0.717, 1.165) is 5.75 Å². The lowest BCUT2D eigenvalue weighted by molar-refractivity contribution is -0.154. The Morgan fingerprint density at radius 3 is 2.50 bits per heavy atom. The van der Waals surface area contributed by atoms with Gasteiger partial charge in [0.05, 0.1) is 6.42 Å². The van der Waals surface area contributed by atoms with E-state index in [4.69, 9.17) is 10.5 Å². The van der Waals surface area contributed by atoms with Crippen molar-refractivity contribution in [1.29, 1.82) is 0 Å². The number of hydrogen-bond acceptors (Lipinski definition) is 4. The molecule has 4 heteroatoms. The molecule has 0 aromatic heterocycles. The van der Waals surface area contributed by atoms with Crippen molar-refractivity contribution < 1.29 is 9.53 Å². The molecule has 2 N–H and O–H groups in total. The van der Waals surface area contributed by atoms with Crippen LogP contribution < -0.4 is 5.73 Å². The highest BCUT2D eigenvalue weighted by atomic mass is 32.2. The third-order valence-corrected chi connectivity index (χ3v) is 2.60. The van der Waals surface area contributed by atoms with E-state index in [1.165, 1.54) is 0 Å². The van der Waals surface area contributed by atoms with Gasteiger partial charge >= 0.3 is 5.97 Å². The highest BCUT2D eigenvalue weighted by Gasteiger charge is 2.18. The molecular formula is C10H21NO2S. The van der Waals surface area contributed by atoms with Gasteiger partial charge < -0.3 is 10.5 Å². The predicted octanol–water partition coefficient (Wildman–Crippen LogP) is 1.80. The summed E-state index contributed by atoms with van der Waals surface area (Å²) < 4.78 is 5.20. The van der Waals surface area contributed by atoms with Crippen LogP contribution in [-0.4, -0.2) is 29.1 Å². The molecule has 1 unspecified atom stereocenters. The number of carbonyl (C=O) groups excluding carboxylic acids is 1. The van der Waals surface area contributed by atoms with Crippen LogP contribution in [0.2, 0.25) is 0 Å². The monoisotopic (exact) mass is 219 g/mol. The van der Waals surface area contributed by atoms with Crippen molar-refractivity contribution in [3.05, 3.63) is 0 Å². The molecule has 14 heavy (non-hydrogen) atoms. The number of thioether (sulfide) groups is 1. The fourth-order valence-corrected chi connectivity index (χ4v) is 1.74. The molecular weight excluding hydrogens is 198 g/mol. The summed E-state index contributed by atoms with van der Waals surface area (Å²) in [6.07, 6.45) is 0.460. The van der Waals surface area contributed by atoms with Crippen molar-refractivity contribution in [2.24, 2.45) is 5.73 Å². The highest BCUT2D eigenvalue weighted by Crippen LogP contribution is 2.16. The minimum Gasteiger partial charge on any atom is -0.460 e. The van der Waals surface area contributed by atoms with Crippen LogP contribution in [0.4, 0.5) is 0 Å². The molecule has 0 rings (SSSR count). The molecule has 0 bridgehead atoms. The topological polar surface area (TPSA) is 52.3 Å². The summed E-state index contributed by atoms with van der Waals surface area (Å²) in [4.78, 5) is 11.4. The van der Waals surface area contributed by atoms with Crippen LogP contribution in [0.5, 0.6) is 0 Å². The molecule has 0 aromatic rings. The van der Waals surface area contributed by atoms with E-state index in [2.05, 4.69) is 0 Å². The fraction of sp³-hybridized carbons (Fsp3) is 0.900. The Labute approximate surface area is 90.8 Å². The fourth-order valence-electron chi connectivity index (χ4n) is 0.946. The maximum Gasteiger partial charge on any atom is 0.307 e. The molecule has 0 saturated heterocycles. The van der Waals surface area contributed by atoms with Crippen LogP contribution in [-0.2, 0) is 9.53 Å². The zero-order valence-corrected chi connectivity index (χ0v) is 10.3. The van der Waals surface area contributed by atoms with Crippen molar-refractivity contribution in [3.63, 3.8) is 0 Å². The maximum absolute atomic E-state index is 11.4. The smallest absolute Gasteiger partial charge is 0.307 e. The Hall–Kier alpha value is -0.220. The van der Waals surface area contributed by atoms with Gasteiger partial charge in [0.15, 0.2) is 0 Å². The molecule has 0 heterocycles. The summed E-state index contributed by atoms with van der Waals surface area (Å²) in [7, 11) is 0. The lowest BCUT2D eigenvalue weighted by Gasteiger charge is -2.20. The van der Waals surface area contributed by atoms with Gasteiger partial charge in [0.2, 0.25) is 0 Å². The van der Waals surface area contributed by atoms with Crippen LogP contribution >= 0.6 is 11.8 Å². The van der Waals surface area contributed by atoms with Crippen LogP contribution in [0.25, 0.3) is 0 Å². The van der Waals surface area contributed by atoms with Gasteiger partial charge in [-0.1, -0.05) is 6.92 Å². The normalized spacial score (nSPS) is 13.8. The van der Waals surface area contributed by atoms with E-state index in [9.17, 15) is 4.79 Å². The lowest BCUT2D eigenvalue weighted by atomic mass is 10.2. The lowest BCUT2D eigenvalue weighted by Crippen LogP contribution is -2.25. The van der Waals surface area contributed by atoms with Crippen molar-refractivity contribution in [1.82, 2.24) is 0 Å². The Kier molecular flexibility index (Phi) is 6.20. The van der Waals surface area contributed by atoms with Crippen LogP contribution in [0, 0.1) is 0 Å². The number of esters is 1. The number of ether oxygens (including phenoxy) is 1. The van der Waals surface area contributed by atoms with Gasteiger partial charge in [0, 0.05) is 17.5 Å². The largest absolute Gasteiger partial charge is 0.460 e.